The highest BCUT2D eigenvalue weighted by atomic mass is 19.4. The van der Waals surface area contributed by atoms with Gasteiger partial charge >= 0.3 is 6.18 Å². The first-order valence-corrected chi connectivity index (χ1v) is 8.49. The Morgan fingerprint density at radius 2 is 1.96 bits per heavy atom. The Morgan fingerprint density at radius 3 is 2.63 bits per heavy atom. The van der Waals surface area contributed by atoms with Crippen molar-refractivity contribution < 1.29 is 22.8 Å². The lowest BCUT2D eigenvalue weighted by atomic mass is 10.1. The summed E-state index contributed by atoms with van der Waals surface area (Å²) in [5.41, 5.74) is -0.538. The smallest absolute Gasteiger partial charge is 0.394 e. The first kappa shape index (κ1) is 18.9. The van der Waals surface area contributed by atoms with E-state index in [-0.39, 0.29) is 17.8 Å². The van der Waals surface area contributed by atoms with Crippen molar-refractivity contribution >= 4 is 11.7 Å². The number of rotatable bonds is 6. The van der Waals surface area contributed by atoms with E-state index in [1.807, 2.05) is 6.07 Å². The lowest BCUT2D eigenvalue weighted by molar-refractivity contribution is -0.137. The molecule has 8 heteroatoms. The van der Waals surface area contributed by atoms with E-state index in [4.69, 9.17) is 4.84 Å². The number of benzene rings is 1. The van der Waals surface area contributed by atoms with Crippen LogP contribution in [0.25, 0.3) is 0 Å². The zero-order valence-electron chi connectivity index (χ0n) is 14.4. The molecule has 27 heavy (non-hydrogen) atoms. The average Bonchev–Trinajstić information content (AvgIpc) is 3.45. The number of carbonyl (C=O) groups is 1. The van der Waals surface area contributed by atoms with Crippen LogP contribution in [0.1, 0.15) is 29.5 Å². The average molecular weight is 377 g/mol. The van der Waals surface area contributed by atoms with Crippen molar-refractivity contribution in [3.05, 3.63) is 65.5 Å². The molecular weight excluding hydrogens is 359 g/mol. The summed E-state index contributed by atoms with van der Waals surface area (Å²) >= 11 is 0. The van der Waals surface area contributed by atoms with Crippen molar-refractivity contribution in [1.82, 2.24) is 10.3 Å². The predicted molar refractivity (Wildman–Crippen MR) is 92.7 cm³/mol. The fourth-order valence-electron chi connectivity index (χ4n) is 2.42. The highest BCUT2D eigenvalue weighted by Crippen LogP contribution is 2.32. The van der Waals surface area contributed by atoms with Crippen molar-refractivity contribution in [3.8, 4) is 0 Å². The predicted octanol–water partition coefficient (Wildman–Crippen LogP) is 3.55. The van der Waals surface area contributed by atoms with Crippen LogP contribution in [0.3, 0.4) is 0 Å². The summed E-state index contributed by atoms with van der Waals surface area (Å²) in [6.07, 6.45) is -0.534. The number of hydrogen-bond donors (Lipinski definition) is 1. The summed E-state index contributed by atoms with van der Waals surface area (Å²) in [7, 11) is 0. The van der Waals surface area contributed by atoms with Crippen molar-refractivity contribution in [2.24, 2.45) is 11.1 Å². The molecule has 5 nitrogen and oxygen atoms in total. The second-order valence-electron chi connectivity index (χ2n) is 6.31. The van der Waals surface area contributed by atoms with E-state index in [9.17, 15) is 18.0 Å². The van der Waals surface area contributed by atoms with Crippen molar-refractivity contribution in [2.75, 3.05) is 6.61 Å². The number of aromatic nitrogens is 1. The van der Waals surface area contributed by atoms with Gasteiger partial charge in [0.15, 0.2) is 5.84 Å². The van der Waals surface area contributed by atoms with Crippen LogP contribution in [0.2, 0.25) is 0 Å². The maximum Gasteiger partial charge on any atom is 0.417 e. The standard InChI is InChI=1S/C19H18F3N3O2/c20-19(21,22)16-8-9-23-11-15(16)18(25-27-12-14-6-7-14)24-17(26)10-13-4-2-1-3-5-13/h1-5,8-9,11,14H,6-7,10,12H2,(H,24,25,26). The Morgan fingerprint density at radius 1 is 1.22 bits per heavy atom. The number of oxime groups is 1. The lowest BCUT2D eigenvalue weighted by Crippen LogP contribution is -2.34. The third kappa shape index (κ3) is 5.54. The Bertz CT molecular complexity index is 818. The molecular formula is C19H18F3N3O2. The second-order valence-corrected chi connectivity index (χ2v) is 6.31. The first-order valence-electron chi connectivity index (χ1n) is 8.49. The number of amidine groups is 1. The van der Waals surface area contributed by atoms with E-state index in [0.29, 0.717) is 12.5 Å². The van der Waals surface area contributed by atoms with Crippen LogP contribution < -0.4 is 5.32 Å². The number of alkyl halides is 3. The van der Waals surface area contributed by atoms with Crippen LogP contribution in [0, 0.1) is 5.92 Å². The molecule has 0 bridgehead atoms. The third-order valence-electron chi connectivity index (χ3n) is 4.01. The molecule has 1 saturated carbocycles. The third-order valence-corrected chi connectivity index (χ3v) is 4.01. The van der Waals surface area contributed by atoms with Gasteiger partial charge in [0.1, 0.15) is 6.61 Å². The minimum absolute atomic E-state index is 0.00407. The van der Waals surface area contributed by atoms with Crippen LogP contribution in [-0.4, -0.2) is 23.3 Å². The van der Waals surface area contributed by atoms with Crippen LogP contribution in [0.5, 0.6) is 0 Å². The fraction of sp³-hybridized carbons (Fsp3) is 0.316. The summed E-state index contributed by atoms with van der Waals surface area (Å²) in [5, 5.41) is 6.21. The largest absolute Gasteiger partial charge is 0.417 e. The van der Waals surface area contributed by atoms with E-state index in [2.05, 4.69) is 15.5 Å². The zero-order chi connectivity index (χ0) is 19.3. The van der Waals surface area contributed by atoms with Gasteiger partial charge in [0, 0.05) is 12.4 Å². The molecule has 0 radical (unpaired) electrons. The van der Waals surface area contributed by atoms with Gasteiger partial charge in [-0.25, -0.2) is 0 Å². The molecule has 3 rings (SSSR count). The van der Waals surface area contributed by atoms with Gasteiger partial charge in [-0.05, 0) is 30.4 Å². The van der Waals surface area contributed by atoms with Crippen LogP contribution in [0.15, 0.2) is 53.9 Å². The van der Waals surface area contributed by atoms with Gasteiger partial charge in [0.2, 0.25) is 5.91 Å². The van der Waals surface area contributed by atoms with Crippen LogP contribution in [-0.2, 0) is 22.2 Å². The number of pyridine rings is 1. The molecule has 142 valence electrons. The minimum atomic E-state index is -4.61. The van der Waals surface area contributed by atoms with Gasteiger partial charge < -0.3 is 10.2 Å². The van der Waals surface area contributed by atoms with Gasteiger partial charge in [-0.2, -0.15) is 13.2 Å². The zero-order valence-corrected chi connectivity index (χ0v) is 14.4. The molecule has 1 aromatic heterocycles. The number of nitrogens with zero attached hydrogens (tertiary/aromatic N) is 2. The number of carbonyl (C=O) groups excluding carboxylic acids is 1. The van der Waals surface area contributed by atoms with E-state index < -0.39 is 17.6 Å². The van der Waals surface area contributed by atoms with Gasteiger partial charge in [-0.1, -0.05) is 35.5 Å². The van der Waals surface area contributed by atoms with Gasteiger partial charge in [0.25, 0.3) is 0 Å². The molecule has 1 heterocycles. The van der Waals surface area contributed by atoms with Gasteiger partial charge in [0.05, 0.1) is 17.5 Å². The maximum atomic E-state index is 13.3. The summed E-state index contributed by atoms with van der Waals surface area (Å²) in [6.45, 7) is 0.305. The number of amides is 1. The van der Waals surface area contributed by atoms with Crippen molar-refractivity contribution in [3.63, 3.8) is 0 Å². The van der Waals surface area contributed by atoms with E-state index >= 15 is 0 Å². The van der Waals surface area contributed by atoms with Crippen LogP contribution >= 0.6 is 0 Å². The quantitative estimate of drug-likeness (QED) is 0.476. The van der Waals surface area contributed by atoms with Crippen molar-refractivity contribution in [2.45, 2.75) is 25.4 Å². The molecule has 1 aromatic carbocycles. The molecule has 1 fully saturated rings. The molecule has 2 aromatic rings. The summed E-state index contributed by atoms with van der Waals surface area (Å²) in [5.74, 6) is -0.421. The highest BCUT2D eigenvalue weighted by Gasteiger charge is 2.35. The summed E-state index contributed by atoms with van der Waals surface area (Å²) in [4.78, 5) is 21.2. The fourth-order valence-corrected chi connectivity index (χ4v) is 2.42. The van der Waals surface area contributed by atoms with Gasteiger partial charge in [-0.3, -0.25) is 9.78 Å². The molecule has 0 atom stereocenters. The van der Waals surface area contributed by atoms with E-state index in [1.54, 1.807) is 24.3 Å². The Hall–Kier alpha value is -2.90. The summed E-state index contributed by atoms with van der Waals surface area (Å²) < 4.78 is 40.0. The SMILES string of the molecule is O=C(Cc1ccccc1)NC(=NOCC1CC1)c1cnccc1C(F)(F)F. The first-order chi connectivity index (χ1) is 12.9. The van der Waals surface area contributed by atoms with Gasteiger partial charge in [-0.15, -0.1) is 0 Å². The Kier molecular flexibility index (Phi) is 5.73. The molecule has 0 aliphatic heterocycles. The van der Waals surface area contributed by atoms with Crippen molar-refractivity contribution in [1.29, 1.82) is 0 Å². The monoisotopic (exact) mass is 377 g/mol. The summed E-state index contributed by atoms with van der Waals surface area (Å²) in [6, 6.07) is 9.72. The molecule has 0 saturated heterocycles. The molecule has 1 amide bonds. The number of hydrogen-bond acceptors (Lipinski definition) is 4. The van der Waals surface area contributed by atoms with E-state index in [1.165, 1.54) is 0 Å². The number of nitrogens with one attached hydrogen (secondary N) is 1. The lowest BCUT2D eigenvalue weighted by Gasteiger charge is -2.14. The molecule has 0 unspecified atom stereocenters. The number of halogens is 3. The maximum absolute atomic E-state index is 13.3. The Labute approximate surface area is 154 Å². The highest BCUT2D eigenvalue weighted by molar-refractivity contribution is 6.08. The molecule has 1 N–H and O–H groups in total. The molecule has 1 aliphatic carbocycles. The Balaban J connectivity index is 1.82. The minimum Gasteiger partial charge on any atom is -0.394 e. The normalized spacial score (nSPS) is 14.7. The topological polar surface area (TPSA) is 63.6 Å². The van der Waals surface area contributed by atoms with E-state index in [0.717, 1.165) is 36.9 Å². The van der Waals surface area contributed by atoms with Crippen LogP contribution in [0.4, 0.5) is 13.2 Å². The second kappa shape index (κ2) is 8.20. The molecule has 1 aliphatic rings. The molecule has 0 spiro atoms.